The van der Waals surface area contributed by atoms with Crippen LogP contribution in [0.1, 0.15) is 10.4 Å². The van der Waals surface area contributed by atoms with Gasteiger partial charge in [0.1, 0.15) is 0 Å². The van der Waals surface area contributed by atoms with Gasteiger partial charge in [-0.25, -0.2) is 9.78 Å². The van der Waals surface area contributed by atoms with Gasteiger partial charge < -0.3 is 19.3 Å². The van der Waals surface area contributed by atoms with Crippen LogP contribution in [0.25, 0.3) is 22.5 Å². The van der Waals surface area contributed by atoms with Gasteiger partial charge in [-0.15, -0.1) is 0 Å². The lowest BCUT2D eigenvalue weighted by atomic mass is 10.1. The number of nitrogens with zero attached hydrogens (tertiary/aromatic N) is 2. The first-order valence-corrected chi connectivity index (χ1v) is 8.03. The lowest BCUT2D eigenvalue weighted by Gasteiger charge is -2.14. The van der Waals surface area contributed by atoms with Gasteiger partial charge in [-0.3, -0.25) is 4.98 Å². The Morgan fingerprint density at radius 3 is 2.07 bits per heavy atom. The summed E-state index contributed by atoms with van der Waals surface area (Å²) in [5, 5.41) is 9.18. The van der Waals surface area contributed by atoms with Crippen molar-refractivity contribution in [2.45, 2.75) is 0 Å². The zero-order chi connectivity index (χ0) is 19.4. The average Bonchev–Trinajstić information content (AvgIpc) is 2.72. The summed E-state index contributed by atoms with van der Waals surface area (Å²) in [6.07, 6.45) is 3.20. The molecule has 1 N–H and O–H groups in total. The zero-order valence-corrected chi connectivity index (χ0v) is 15.1. The number of benzene rings is 2. The largest absolute Gasteiger partial charge is 0.493 e. The standard InChI is InChI=1S/C20H18N2O5/c1-25-17-8-14(9-18(26-2)19(17)27-3)16-11-21-10-15(22-16)12-5-4-6-13(7-12)20(23)24/h4-11H,1-3H3,(H,23,24). The number of aromatic carboxylic acids is 1. The molecule has 0 aliphatic rings. The van der Waals surface area contributed by atoms with Gasteiger partial charge in [-0.05, 0) is 24.3 Å². The Balaban J connectivity index is 2.08. The molecular formula is C20H18N2O5. The molecule has 3 aromatic rings. The van der Waals surface area contributed by atoms with Crippen molar-refractivity contribution in [1.29, 1.82) is 0 Å². The van der Waals surface area contributed by atoms with E-state index in [2.05, 4.69) is 9.97 Å². The highest BCUT2D eigenvalue weighted by Crippen LogP contribution is 2.40. The summed E-state index contributed by atoms with van der Waals surface area (Å²) in [4.78, 5) is 20.1. The van der Waals surface area contributed by atoms with Gasteiger partial charge in [-0.1, -0.05) is 12.1 Å². The number of ether oxygens (including phenoxy) is 3. The molecule has 27 heavy (non-hydrogen) atoms. The second-order valence-electron chi connectivity index (χ2n) is 5.59. The Morgan fingerprint density at radius 2 is 1.52 bits per heavy atom. The van der Waals surface area contributed by atoms with Gasteiger partial charge >= 0.3 is 5.97 Å². The molecule has 0 aliphatic carbocycles. The van der Waals surface area contributed by atoms with Crippen molar-refractivity contribution in [2.24, 2.45) is 0 Å². The highest BCUT2D eigenvalue weighted by molar-refractivity contribution is 5.89. The fourth-order valence-corrected chi connectivity index (χ4v) is 2.68. The number of methoxy groups -OCH3 is 3. The van der Waals surface area contributed by atoms with Gasteiger partial charge in [-0.2, -0.15) is 0 Å². The Bertz CT molecular complexity index is 963. The number of carbonyl (C=O) groups is 1. The molecule has 138 valence electrons. The average molecular weight is 366 g/mol. The quantitative estimate of drug-likeness (QED) is 0.713. The number of carboxylic acids is 1. The monoisotopic (exact) mass is 366 g/mol. The number of hydrogen-bond donors (Lipinski definition) is 1. The maximum Gasteiger partial charge on any atom is 0.335 e. The third-order valence-electron chi connectivity index (χ3n) is 4.00. The maximum atomic E-state index is 11.2. The first-order chi connectivity index (χ1) is 13.1. The molecule has 1 heterocycles. The van der Waals surface area contributed by atoms with E-state index in [0.29, 0.717) is 34.2 Å². The van der Waals surface area contributed by atoms with Gasteiger partial charge in [0.05, 0.1) is 50.7 Å². The van der Waals surface area contributed by atoms with Crippen LogP contribution < -0.4 is 14.2 Å². The molecule has 0 fully saturated rings. The SMILES string of the molecule is COc1cc(-c2cncc(-c3cccc(C(=O)O)c3)n2)cc(OC)c1OC. The van der Waals surface area contributed by atoms with Crippen molar-refractivity contribution in [3.8, 4) is 39.8 Å². The Labute approximate surface area is 156 Å². The summed E-state index contributed by atoms with van der Waals surface area (Å²) in [5.41, 5.74) is 2.73. The molecule has 1 aromatic heterocycles. The Kier molecular flexibility index (Phi) is 5.21. The summed E-state index contributed by atoms with van der Waals surface area (Å²) in [6.45, 7) is 0. The zero-order valence-electron chi connectivity index (χ0n) is 15.1. The van der Waals surface area contributed by atoms with E-state index in [4.69, 9.17) is 14.2 Å². The predicted octanol–water partition coefficient (Wildman–Crippen LogP) is 3.53. The lowest BCUT2D eigenvalue weighted by Crippen LogP contribution is -1.98. The van der Waals surface area contributed by atoms with E-state index >= 15 is 0 Å². The van der Waals surface area contributed by atoms with Crippen molar-refractivity contribution >= 4 is 5.97 Å². The molecule has 0 saturated carbocycles. The highest BCUT2D eigenvalue weighted by atomic mass is 16.5. The summed E-state index contributed by atoms with van der Waals surface area (Å²) < 4.78 is 16.1. The van der Waals surface area contributed by atoms with Crippen molar-refractivity contribution < 1.29 is 24.1 Å². The van der Waals surface area contributed by atoms with Gasteiger partial charge in [0.2, 0.25) is 5.75 Å². The Hall–Kier alpha value is -3.61. The van der Waals surface area contributed by atoms with Crippen LogP contribution in [0.4, 0.5) is 0 Å². The van der Waals surface area contributed by atoms with Crippen LogP contribution in [-0.2, 0) is 0 Å². The first-order valence-electron chi connectivity index (χ1n) is 8.03. The van der Waals surface area contributed by atoms with E-state index in [1.165, 1.54) is 13.2 Å². The number of rotatable bonds is 6. The van der Waals surface area contributed by atoms with Crippen LogP contribution in [0, 0.1) is 0 Å². The fourth-order valence-electron chi connectivity index (χ4n) is 2.68. The normalized spacial score (nSPS) is 10.3. The van der Waals surface area contributed by atoms with E-state index in [1.807, 2.05) is 0 Å². The van der Waals surface area contributed by atoms with E-state index in [1.54, 1.807) is 56.9 Å². The molecule has 7 heteroatoms. The fraction of sp³-hybridized carbons (Fsp3) is 0.150. The van der Waals surface area contributed by atoms with Crippen molar-refractivity contribution in [3.05, 3.63) is 54.4 Å². The minimum atomic E-state index is -0.995. The van der Waals surface area contributed by atoms with Crippen LogP contribution >= 0.6 is 0 Å². The minimum absolute atomic E-state index is 0.187. The van der Waals surface area contributed by atoms with Crippen LogP contribution in [0.5, 0.6) is 17.2 Å². The summed E-state index contributed by atoms with van der Waals surface area (Å²) in [6, 6.07) is 10.1. The minimum Gasteiger partial charge on any atom is -0.493 e. The predicted molar refractivity (Wildman–Crippen MR) is 99.5 cm³/mol. The molecule has 0 unspecified atom stereocenters. The molecule has 0 atom stereocenters. The van der Waals surface area contributed by atoms with Gasteiger partial charge in [0.25, 0.3) is 0 Å². The molecule has 0 spiro atoms. The molecule has 2 aromatic carbocycles. The topological polar surface area (TPSA) is 90.8 Å². The third-order valence-corrected chi connectivity index (χ3v) is 4.00. The molecule has 0 bridgehead atoms. The summed E-state index contributed by atoms with van der Waals surface area (Å²) in [5.74, 6) is 0.506. The van der Waals surface area contributed by atoms with E-state index in [-0.39, 0.29) is 5.56 Å². The number of carboxylic acid groups (broad SMARTS) is 1. The van der Waals surface area contributed by atoms with Crippen molar-refractivity contribution in [3.63, 3.8) is 0 Å². The van der Waals surface area contributed by atoms with Crippen molar-refractivity contribution in [1.82, 2.24) is 9.97 Å². The Morgan fingerprint density at radius 1 is 0.889 bits per heavy atom. The molecule has 0 amide bonds. The van der Waals surface area contributed by atoms with Crippen LogP contribution in [0.2, 0.25) is 0 Å². The van der Waals surface area contributed by atoms with E-state index in [9.17, 15) is 9.90 Å². The van der Waals surface area contributed by atoms with Gasteiger partial charge in [0, 0.05) is 11.1 Å². The van der Waals surface area contributed by atoms with Crippen molar-refractivity contribution in [2.75, 3.05) is 21.3 Å². The molecule has 0 radical (unpaired) electrons. The smallest absolute Gasteiger partial charge is 0.335 e. The maximum absolute atomic E-state index is 11.2. The van der Waals surface area contributed by atoms with Crippen LogP contribution in [0.3, 0.4) is 0 Å². The molecule has 0 saturated heterocycles. The van der Waals surface area contributed by atoms with E-state index < -0.39 is 5.97 Å². The molecule has 3 rings (SSSR count). The molecule has 0 aliphatic heterocycles. The van der Waals surface area contributed by atoms with Crippen LogP contribution in [0.15, 0.2) is 48.8 Å². The molecular weight excluding hydrogens is 348 g/mol. The second kappa shape index (κ2) is 7.74. The van der Waals surface area contributed by atoms with Crippen LogP contribution in [-0.4, -0.2) is 42.4 Å². The first kappa shape index (κ1) is 18.2. The van der Waals surface area contributed by atoms with Gasteiger partial charge in [0.15, 0.2) is 11.5 Å². The third kappa shape index (κ3) is 3.67. The highest BCUT2D eigenvalue weighted by Gasteiger charge is 2.15. The second-order valence-corrected chi connectivity index (χ2v) is 5.59. The number of aromatic nitrogens is 2. The van der Waals surface area contributed by atoms with E-state index in [0.717, 1.165) is 5.56 Å². The number of hydrogen-bond acceptors (Lipinski definition) is 6. The summed E-state index contributed by atoms with van der Waals surface area (Å²) in [7, 11) is 4.62. The molecule has 7 nitrogen and oxygen atoms in total. The summed E-state index contributed by atoms with van der Waals surface area (Å²) >= 11 is 0. The lowest BCUT2D eigenvalue weighted by molar-refractivity contribution is 0.0697.